The van der Waals surface area contributed by atoms with Gasteiger partial charge < -0.3 is 10.8 Å². The molecule has 6 heteroatoms. The van der Waals surface area contributed by atoms with Crippen molar-refractivity contribution < 1.29 is 0 Å². The minimum absolute atomic E-state index is 0.417. The molecule has 0 bridgehead atoms. The van der Waals surface area contributed by atoms with Crippen molar-refractivity contribution >= 4 is 40.3 Å². The second-order valence-corrected chi connectivity index (χ2v) is 1.18. The van der Waals surface area contributed by atoms with E-state index in [1.165, 1.54) is 0 Å². The summed E-state index contributed by atoms with van der Waals surface area (Å²) in [4.78, 5) is 13.5. The lowest BCUT2D eigenvalue weighted by atomic mass is 11.1. The van der Waals surface area contributed by atoms with Crippen molar-refractivity contribution in [1.82, 2.24) is 0 Å². The highest BCUT2D eigenvalue weighted by Gasteiger charge is 1.51. The predicted octanol–water partition coefficient (Wildman–Crippen LogP) is 1.22. The largest absolute Gasteiger partial charge is 0.317 e. The molecule has 0 aromatic heterocycles. The highest BCUT2D eigenvalue weighted by atomic mass is 14.9. The van der Waals surface area contributed by atoms with Crippen molar-refractivity contribution in [2.24, 2.45) is 20.0 Å². The number of hydrogen-bond acceptors (Lipinski definition) is 6. The van der Waals surface area contributed by atoms with E-state index in [-0.39, 0.29) is 0 Å². The van der Waals surface area contributed by atoms with E-state index >= 15 is 0 Å². The second kappa shape index (κ2) is 68.5. The van der Waals surface area contributed by atoms with Gasteiger partial charge in [-0.15, -0.1) is 0 Å². The quantitative estimate of drug-likeness (QED) is 0.635. The van der Waals surface area contributed by atoms with Crippen LogP contribution in [0.5, 0.6) is 0 Å². The third kappa shape index (κ3) is 200. The van der Waals surface area contributed by atoms with Gasteiger partial charge in [0.1, 0.15) is 13.3 Å². The Bertz CT molecular complexity index is 106. The Kier molecular flexibility index (Phi) is 111. The number of rotatable bonds is 4. The minimum atomic E-state index is 0.417. The zero-order valence-corrected chi connectivity index (χ0v) is 8.45. The van der Waals surface area contributed by atoms with Crippen LogP contribution in [0.3, 0.4) is 0 Å². The van der Waals surface area contributed by atoms with Gasteiger partial charge in [0, 0.05) is 0 Å². The molecule has 0 aliphatic rings. The first-order valence-electron chi connectivity index (χ1n) is 3.24. The number of nitrogens with one attached hydrogen (secondary N) is 2. The first-order chi connectivity index (χ1) is 6.83. The van der Waals surface area contributed by atoms with Crippen molar-refractivity contribution in [3.63, 3.8) is 0 Å². The molecule has 0 spiro atoms. The highest BCUT2D eigenvalue weighted by molar-refractivity contribution is 5.26. The monoisotopic (exact) mass is 198 g/mol. The maximum absolute atomic E-state index is 5.50. The summed E-state index contributed by atoms with van der Waals surface area (Å²) in [6.07, 6.45) is 0. The fourth-order valence-corrected chi connectivity index (χ4v) is 0.141. The van der Waals surface area contributed by atoms with Gasteiger partial charge in [0.25, 0.3) is 0 Å². The Labute approximate surface area is 85.3 Å². The van der Waals surface area contributed by atoms with Gasteiger partial charge in [-0.05, 0) is 40.3 Å². The highest BCUT2D eigenvalue weighted by Crippen LogP contribution is 1.58. The fourth-order valence-electron chi connectivity index (χ4n) is 0.141. The molecule has 80 valence electrons. The molecule has 6 nitrogen and oxygen atoms in total. The predicted molar refractivity (Wildman–Crippen MR) is 67.6 cm³/mol. The summed E-state index contributed by atoms with van der Waals surface area (Å²) in [7, 11) is 0. The Morgan fingerprint density at radius 2 is 0.714 bits per heavy atom. The average molecular weight is 198 g/mol. The van der Waals surface area contributed by atoms with E-state index in [0.29, 0.717) is 13.3 Å². The molecule has 0 aliphatic heterocycles. The van der Waals surface area contributed by atoms with Gasteiger partial charge in [-0.1, -0.05) is 0 Å². The number of aliphatic imine (C=N–C) groups is 4. The minimum Gasteiger partial charge on any atom is -0.317 e. The first kappa shape index (κ1) is 22.7. The molecule has 0 heterocycles. The van der Waals surface area contributed by atoms with E-state index in [1.54, 1.807) is 0 Å². The Morgan fingerprint density at radius 3 is 0.714 bits per heavy atom. The van der Waals surface area contributed by atoms with Gasteiger partial charge >= 0.3 is 0 Å². The Balaban J connectivity index is -0.0000000528. The van der Waals surface area contributed by atoms with Gasteiger partial charge in [0.15, 0.2) is 0 Å². The summed E-state index contributed by atoms with van der Waals surface area (Å²) in [6, 6.07) is 0. The molecule has 14 heavy (non-hydrogen) atoms. The molecular weight excluding hydrogens is 180 g/mol. The van der Waals surface area contributed by atoms with Crippen molar-refractivity contribution in [2.75, 3.05) is 13.3 Å². The van der Waals surface area contributed by atoms with E-state index < -0.39 is 0 Å². The van der Waals surface area contributed by atoms with Crippen LogP contribution in [0.2, 0.25) is 0 Å². The number of nitrogens with zero attached hydrogens (tertiary/aromatic N) is 4. The first-order valence-corrected chi connectivity index (χ1v) is 3.24. The van der Waals surface area contributed by atoms with E-state index in [9.17, 15) is 0 Å². The van der Waals surface area contributed by atoms with Crippen molar-refractivity contribution in [1.29, 1.82) is 10.8 Å². The standard InChI is InChI=1S/2C3H6N2.2CH3N/c2*1-4-3-5-2;2*1-2/h2*1-3H2;2*2H,1H2. The van der Waals surface area contributed by atoms with Crippen LogP contribution >= 0.6 is 0 Å². The molecule has 0 aromatic carbocycles. The molecule has 0 radical (unpaired) electrons. The van der Waals surface area contributed by atoms with E-state index in [2.05, 4.69) is 60.3 Å². The van der Waals surface area contributed by atoms with Gasteiger partial charge in [0.05, 0.1) is 0 Å². The summed E-state index contributed by atoms with van der Waals surface area (Å²) < 4.78 is 0. The van der Waals surface area contributed by atoms with Crippen LogP contribution in [0.1, 0.15) is 0 Å². The van der Waals surface area contributed by atoms with Gasteiger partial charge in [-0.2, -0.15) is 0 Å². The van der Waals surface area contributed by atoms with E-state index in [0.717, 1.165) is 0 Å². The lowest BCUT2D eigenvalue weighted by molar-refractivity contribution is 1.09. The Morgan fingerprint density at radius 1 is 0.571 bits per heavy atom. The molecule has 0 saturated carbocycles. The van der Waals surface area contributed by atoms with Crippen LogP contribution in [-0.4, -0.2) is 53.6 Å². The molecule has 0 saturated heterocycles. The van der Waals surface area contributed by atoms with Crippen molar-refractivity contribution in [3.05, 3.63) is 0 Å². The molecular formula is C8H18N6. The van der Waals surface area contributed by atoms with Crippen LogP contribution in [0, 0.1) is 10.8 Å². The van der Waals surface area contributed by atoms with Crippen LogP contribution in [0.15, 0.2) is 20.0 Å². The second-order valence-electron chi connectivity index (χ2n) is 1.18. The molecule has 0 fully saturated rings. The molecule has 0 aliphatic carbocycles. The Hall–Kier alpha value is -1.98. The summed E-state index contributed by atoms with van der Waals surface area (Å²) in [6.45, 7) is 18.5. The normalized spacial score (nSPS) is 5.14. The third-order valence-corrected chi connectivity index (χ3v) is 0.400. The zero-order valence-electron chi connectivity index (χ0n) is 8.45. The van der Waals surface area contributed by atoms with Crippen LogP contribution in [-0.2, 0) is 0 Å². The summed E-state index contributed by atoms with van der Waals surface area (Å²) in [5.74, 6) is 0. The molecule has 0 rings (SSSR count). The molecule has 2 N–H and O–H groups in total. The van der Waals surface area contributed by atoms with Gasteiger partial charge in [-0.25, -0.2) is 0 Å². The van der Waals surface area contributed by atoms with Gasteiger partial charge in [0.2, 0.25) is 0 Å². The van der Waals surface area contributed by atoms with E-state index in [4.69, 9.17) is 10.8 Å². The lowest BCUT2D eigenvalue weighted by Gasteiger charge is -1.68. The topological polar surface area (TPSA) is 97.1 Å². The summed E-state index contributed by atoms with van der Waals surface area (Å²) in [5, 5.41) is 11.0. The number of hydrogen-bond donors (Lipinski definition) is 2. The molecule has 0 aromatic rings. The lowest BCUT2D eigenvalue weighted by Crippen LogP contribution is -1.61. The maximum atomic E-state index is 5.50. The summed E-state index contributed by atoms with van der Waals surface area (Å²) in [5.41, 5.74) is 0. The van der Waals surface area contributed by atoms with Crippen LogP contribution < -0.4 is 0 Å². The average Bonchev–Trinajstić information content (AvgIpc) is 2.27. The van der Waals surface area contributed by atoms with Crippen molar-refractivity contribution in [3.8, 4) is 0 Å². The van der Waals surface area contributed by atoms with E-state index in [1.807, 2.05) is 0 Å². The van der Waals surface area contributed by atoms with Crippen molar-refractivity contribution in [2.45, 2.75) is 0 Å². The van der Waals surface area contributed by atoms with Crippen LogP contribution in [0.4, 0.5) is 0 Å². The fraction of sp³-hybridized carbons (Fsp3) is 0.250. The van der Waals surface area contributed by atoms with Crippen LogP contribution in [0.25, 0.3) is 0 Å². The van der Waals surface area contributed by atoms with Gasteiger partial charge in [-0.3, -0.25) is 20.0 Å². The summed E-state index contributed by atoms with van der Waals surface area (Å²) >= 11 is 0. The third-order valence-electron chi connectivity index (χ3n) is 0.400. The smallest absolute Gasteiger partial charge is 0.127 e. The zero-order chi connectivity index (χ0) is 12.2. The maximum Gasteiger partial charge on any atom is 0.127 e. The molecule has 0 atom stereocenters. The molecule has 0 unspecified atom stereocenters. The molecule has 0 amide bonds. The SMILES string of the molecule is C=N.C=N.C=NCN=C.C=NCN=C.